The van der Waals surface area contributed by atoms with Crippen LogP contribution in [-0.4, -0.2) is 36.3 Å². The Morgan fingerprint density at radius 3 is 2.17 bits per heavy atom. The number of hydrogen-bond donors (Lipinski definition) is 1. The van der Waals surface area contributed by atoms with Crippen molar-refractivity contribution in [1.82, 2.24) is 10.2 Å². The summed E-state index contributed by atoms with van der Waals surface area (Å²) in [5.41, 5.74) is 0. The normalized spacial score (nSPS) is 31.0. The van der Waals surface area contributed by atoms with Gasteiger partial charge in [0.2, 0.25) is 11.8 Å². The average Bonchev–Trinajstić information content (AvgIpc) is 3.14. The summed E-state index contributed by atoms with van der Waals surface area (Å²) in [4.78, 5) is 25.5. The van der Waals surface area contributed by atoms with Crippen LogP contribution in [0, 0.1) is 17.8 Å². The molecular formula is C14H22N2O2. The van der Waals surface area contributed by atoms with Gasteiger partial charge in [-0.15, -0.1) is 0 Å². The smallest absolute Gasteiger partial charge is 0.241 e. The summed E-state index contributed by atoms with van der Waals surface area (Å²) < 4.78 is 0. The van der Waals surface area contributed by atoms with Gasteiger partial charge in [-0.25, -0.2) is 0 Å². The van der Waals surface area contributed by atoms with Crippen molar-refractivity contribution in [2.45, 2.75) is 38.5 Å². The first-order chi connectivity index (χ1) is 8.74. The Hall–Kier alpha value is -1.06. The molecular weight excluding hydrogens is 228 g/mol. The molecule has 3 aliphatic rings. The van der Waals surface area contributed by atoms with E-state index in [-0.39, 0.29) is 24.3 Å². The number of nitrogens with one attached hydrogen (secondary N) is 1. The third-order valence-corrected chi connectivity index (χ3v) is 4.69. The number of fused-ring (bicyclic) bond motifs is 1. The predicted molar refractivity (Wildman–Crippen MR) is 67.8 cm³/mol. The van der Waals surface area contributed by atoms with E-state index in [9.17, 15) is 9.59 Å². The van der Waals surface area contributed by atoms with Crippen molar-refractivity contribution in [3.8, 4) is 0 Å². The van der Waals surface area contributed by atoms with E-state index in [0.717, 1.165) is 37.8 Å². The van der Waals surface area contributed by atoms with Crippen molar-refractivity contribution in [1.29, 1.82) is 0 Å². The van der Waals surface area contributed by atoms with Crippen LogP contribution < -0.4 is 5.32 Å². The maximum absolute atomic E-state index is 12.0. The zero-order valence-electron chi connectivity index (χ0n) is 10.9. The van der Waals surface area contributed by atoms with Gasteiger partial charge in [0.25, 0.3) is 0 Å². The Morgan fingerprint density at radius 1 is 1.00 bits per heavy atom. The van der Waals surface area contributed by atoms with Gasteiger partial charge >= 0.3 is 0 Å². The molecule has 0 aromatic heterocycles. The van der Waals surface area contributed by atoms with Gasteiger partial charge in [0, 0.05) is 19.0 Å². The summed E-state index contributed by atoms with van der Waals surface area (Å²) in [6.07, 6.45) is 7.19. The Bertz CT molecular complexity index is 338. The maximum atomic E-state index is 12.0. The highest BCUT2D eigenvalue weighted by atomic mass is 16.2. The van der Waals surface area contributed by atoms with E-state index < -0.39 is 0 Å². The second-order valence-corrected chi connectivity index (χ2v) is 6.10. The van der Waals surface area contributed by atoms with Gasteiger partial charge in [-0.05, 0) is 37.5 Å². The molecule has 2 saturated carbocycles. The van der Waals surface area contributed by atoms with Crippen LogP contribution >= 0.6 is 0 Å². The van der Waals surface area contributed by atoms with Crippen molar-refractivity contribution < 1.29 is 9.59 Å². The number of carbonyl (C=O) groups is 2. The van der Waals surface area contributed by atoms with Crippen LogP contribution in [0.3, 0.4) is 0 Å². The lowest BCUT2D eigenvalue weighted by Crippen LogP contribution is -2.39. The minimum absolute atomic E-state index is 0.0694. The molecule has 2 unspecified atom stereocenters. The maximum Gasteiger partial charge on any atom is 0.241 e. The molecule has 1 N–H and O–H groups in total. The summed E-state index contributed by atoms with van der Waals surface area (Å²) in [5, 5.41) is 2.77. The molecule has 18 heavy (non-hydrogen) atoms. The molecule has 2 amide bonds. The third kappa shape index (κ3) is 2.52. The Balaban J connectivity index is 1.46. The fraction of sp³-hybridized carbons (Fsp3) is 0.857. The van der Waals surface area contributed by atoms with E-state index in [1.165, 1.54) is 25.7 Å². The molecule has 0 aromatic rings. The number of likely N-dealkylation sites (tertiary alicyclic amines) is 1. The fourth-order valence-electron chi connectivity index (χ4n) is 3.37. The first-order valence-corrected chi connectivity index (χ1v) is 7.29. The molecule has 0 spiro atoms. The zero-order chi connectivity index (χ0) is 12.5. The number of nitrogens with zero attached hydrogens (tertiary/aromatic N) is 1. The number of amides is 2. The van der Waals surface area contributed by atoms with Crippen LogP contribution in [0.2, 0.25) is 0 Å². The van der Waals surface area contributed by atoms with Gasteiger partial charge in [-0.2, -0.15) is 0 Å². The summed E-state index contributed by atoms with van der Waals surface area (Å²) in [6, 6.07) is 0. The van der Waals surface area contributed by atoms with Crippen molar-refractivity contribution in [3.05, 3.63) is 0 Å². The summed E-state index contributed by atoms with van der Waals surface area (Å²) in [6.45, 7) is 2.04. The molecule has 4 heteroatoms. The summed E-state index contributed by atoms with van der Waals surface area (Å²) >= 11 is 0. The zero-order valence-corrected chi connectivity index (χ0v) is 10.9. The standard InChI is InChI=1S/C14H22N2O2/c17-13(7-15-14(18)10-5-6-10)16-8-11-3-1-2-4-12(11)9-16/h10-12H,1-9H2,(H,15,18). The number of carbonyl (C=O) groups excluding carboxylic acids is 2. The molecule has 0 aromatic carbocycles. The van der Waals surface area contributed by atoms with E-state index in [1.807, 2.05) is 4.90 Å². The van der Waals surface area contributed by atoms with Gasteiger partial charge in [0.1, 0.15) is 0 Å². The van der Waals surface area contributed by atoms with Crippen LogP contribution in [0.15, 0.2) is 0 Å². The van der Waals surface area contributed by atoms with Crippen molar-refractivity contribution in [2.75, 3.05) is 19.6 Å². The van der Waals surface area contributed by atoms with Gasteiger partial charge in [0.05, 0.1) is 6.54 Å². The van der Waals surface area contributed by atoms with Gasteiger partial charge < -0.3 is 10.2 Å². The number of hydrogen-bond acceptors (Lipinski definition) is 2. The highest BCUT2D eigenvalue weighted by Gasteiger charge is 2.36. The molecule has 2 atom stereocenters. The monoisotopic (exact) mass is 250 g/mol. The van der Waals surface area contributed by atoms with E-state index in [0.29, 0.717) is 0 Å². The molecule has 1 aliphatic heterocycles. The molecule has 3 rings (SSSR count). The minimum Gasteiger partial charge on any atom is -0.347 e. The van der Waals surface area contributed by atoms with E-state index in [1.54, 1.807) is 0 Å². The van der Waals surface area contributed by atoms with Crippen LogP contribution in [-0.2, 0) is 9.59 Å². The van der Waals surface area contributed by atoms with Crippen molar-refractivity contribution >= 4 is 11.8 Å². The SMILES string of the molecule is O=C(NCC(=O)N1CC2CCCCC2C1)C1CC1. The number of rotatable bonds is 3. The molecule has 0 radical (unpaired) electrons. The van der Waals surface area contributed by atoms with Gasteiger partial charge in [-0.3, -0.25) is 9.59 Å². The molecule has 0 bridgehead atoms. The fourth-order valence-corrected chi connectivity index (χ4v) is 3.37. The van der Waals surface area contributed by atoms with Crippen LogP contribution in [0.1, 0.15) is 38.5 Å². The van der Waals surface area contributed by atoms with Crippen LogP contribution in [0.25, 0.3) is 0 Å². The highest BCUT2D eigenvalue weighted by Crippen LogP contribution is 2.35. The third-order valence-electron chi connectivity index (χ3n) is 4.69. The van der Waals surface area contributed by atoms with E-state index in [2.05, 4.69) is 5.32 Å². The van der Waals surface area contributed by atoms with Gasteiger partial charge in [-0.1, -0.05) is 12.8 Å². The Labute approximate surface area is 108 Å². The lowest BCUT2D eigenvalue weighted by molar-refractivity contribution is -0.132. The largest absolute Gasteiger partial charge is 0.347 e. The summed E-state index contributed by atoms with van der Waals surface area (Å²) in [7, 11) is 0. The molecule has 1 saturated heterocycles. The lowest BCUT2D eigenvalue weighted by atomic mass is 9.82. The van der Waals surface area contributed by atoms with Gasteiger partial charge in [0.15, 0.2) is 0 Å². The first kappa shape index (κ1) is 12.0. The molecule has 2 aliphatic carbocycles. The van der Waals surface area contributed by atoms with E-state index >= 15 is 0 Å². The topological polar surface area (TPSA) is 49.4 Å². The summed E-state index contributed by atoms with van der Waals surface area (Å²) in [5.74, 6) is 1.82. The first-order valence-electron chi connectivity index (χ1n) is 7.29. The van der Waals surface area contributed by atoms with Crippen molar-refractivity contribution in [3.63, 3.8) is 0 Å². The van der Waals surface area contributed by atoms with E-state index in [4.69, 9.17) is 0 Å². The second kappa shape index (κ2) is 4.90. The Kier molecular flexibility index (Phi) is 3.27. The van der Waals surface area contributed by atoms with Crippen LogP contribution in [0.4, 0.5) is 0 Å². The molecule has 3 fully saturated rings. The Morgan fingerprint density at radius 2 is 1.61 bits per heavy atom. The predicted octanol–water partition coefficient (Wildman–Crippen LogP) is 1.16. The second-order valence-electron chi connectivity index (χ2n) is 6.10. The minimum atomic E-state index is 0.0694. The lowest BCUT2D eigenvalue weighted by Gasteiger charge is -2.22. The molecule has 1 heterocycles. The average molecular weight is 250 g/mol. The molecule has 4 nitrogen and oxygen atoms in total. The highest BCUT2D eigenvalue weighted by molar-refractivity contribution is 5.87. The van der Waals surface area contributed by atoms with Crippen molar-refractivity contribution in [2.24, 2.45) is 17.8 Å². The van der Waals surface area contributed by atoms with Crippen LogP contribution in [0.5, 0.6) is 0 Å². The molecule has 100 valence electrons. The quantitative estimate of drug-likeness (QED) is 0.817.